The van der Waals surface area contributed by atoms with Gasteiger partial charge in [-0.3, -0.25) is 9.59 Å². The predicted molar refractivity (Wildman–Crippen MR) is 42.9 cm³/mol. The number of ether oxygens (including phenoxy) is 1. The van der Waals surface area contributed by atoms with Crippen molar-refractivity contribution >= 4 is 12.1 Å². The topological polar surface area (TPSA) is 55.4 Å². The Kier molecular flexibility index (Phi) is 2.94. The second kappa shape index (κ2) is 3.78. The Bertz CT molecular complexity index is 193. The van der Waals surface area contributed by atoms with Crippen molar-refractivity contribution in [1.29, 1.82) is 0 Å². The van der Waals surface area contributed by atoms with E-state index >= 15 is 0 Å². The fourth-order valence-corrected chi connectivity index (χ4v) is 1.36. The van der Waals surface area contributed by atoms with Gasteiger partial charge in [-0.15, -0.1) is 0 Å². The predicted octanol–water partition coefficient (Wildman–Crippen LogP) is -0.480. The molecular formula is C8H13NO3. The summed E-state index contributed by atoms with van der Waals surface area (Å²) in [6.07, 6.45) is 0.232. The second-order valence-electron chi connectivity index (χ2n) is 3.06. The zero-order valence-corrected chi connectivity index (χ0v) is 7.24. The van der Waals surface area contributed by atoms with Crippen molar-refractivity contribution in [3.8, 4) is 0 Å². The first-order valence-corrected chi connectivity index (χ1v) is 4.03. The Hall–Kier alpha value is -0.740. The maximum Gasteiger partial charge on any atom is 0.214 e. The number of hydrogen-bond donors (Lipinski definition) is 1. The molecule has 1 aliphatic rings. The number of carbonyl (C=O) groups is 2. The number of aldehydes is 1. The monoisotopic (exact) mass is 171 g/mol. The van der Waals surface area contributed by atoms with Crippen LogP contribution in [0.25, 0.3) is 0 Å². The molecule has 0 aromatic heterocycles. The van der Waals surface area contributed by atoms with Crippen LogP contribution >= 0.6 is 0 Å². The van der Waals surface area contributed by atoms with E-state index in [4.69, 9.17) is 4.74 Å². The van der Waals surface area contributed by atoms with Gasteiger partial charge in [-0.1, -0.05) is 0 Å². The largest absolute Gasteiger partial charge is 0.372 e. The lowest BCUT2D eigenvalue weighted by molar-refractivity contribution is -0.137. The lowest BCUT2D eigenvalue weighted by Crippen LogP contribution is -2.54. The van der Waals surface area contributed by atoms with E-state index in [9.17, 15) is 9.59 Å². The highest BCUT2D eigenvalue weighted by Crippen LogP contribution is 2.08. The third kappa shape index (κ3) is 1.89. The molecule has 0 aromatic rings. The lowest BCUT2D eigenvalue weighted by atomic mass is 10.1. The van der Waals surface area contributed by atoms with Gasteiger partial charge >= 0.3 is 0 Å². The number of hydrogen-bond acceptors (Lipinski definition) is 4. The van der Waals surface area contributed by atoms with Crippen molar-refractivity contribution in [3.63, 3.8) is 0 Å². The highest BCUT2D eigenvalue weighted by atomic mass is 16.5. The van der Waals surface area contributed by atoms with Crippen molar-refractivity contribution in [1.82, 2.24) is 5.32 Å². The molecule has 12 heavy (non-hydrogen) atoms. The molecule has 0 amide bonds. The van der Waals surface area contributed by atoms with Crippen LogP contribution in [0.3, 0.4) is 0 Å². The van der Waals surface area contributed by atoms with Crippen molar-refractivity contribution in [3.05, 3.63) is 0 Å². The van der Waals surface area contributed by atoms with Crippen molar-refractivity contribution in [2.75, 3.05) is 6.54 Å². The van der Waals surface area contributed by atoms with E-state index in [2.05, 4.69) is 5.32 Å². The zero-order chi connectivity index (χ0) is 9.14. The molecule has 0 aliphatic carbocycles. The minimum absolute atomic E-state index is 0.107. The summed E-state index contributed by atoms with van der Waals surface area (Å²) in [7, 11) is 0. The van der Waals surface area contributed by atoms with Gasteiger partial charge in [0.2, 0.25) is 5.78 Å². The molecule has 1 saturated heterocycles. The summed E-state index contributed by atoms with van der Waals surface area (Å²) in [4.78, 5) is 21.2. The molecular weight excluding hydrogens is 158 g/mol. The molecule has 0 saturated carbocycles. The fraction of sp³-hybridized carbons (Fsp3) is 0.750. The average molecular weight is 171 g/mol. The Balaban J connectivity index is 2.55. The smallest absolute Gasteiger partial charge is 0.214 e. The molecule has 0 spiro atoms. The summed E-state index contributed by atoms with van der Waals surface area (Å²) in [6.45, 7) is 4.33. The maximum atomic E-state index is 11.0. The molecule has 1 heterocycles. The first-order chi connectivity index (χ1) is 5.65. The van der Waals surface area contributed by atoms with Crippen LogP contribution < -0.4 is 5.32 Å². The summed E-state index contributed by atoms with van der Waals surface area (Å²) >= 11 is 0. The molecule has 1 fully saturated rings. The van der Waals surface area contributed by atoms with Crippen LogP contribution in [-0.2, 0) is 14.3 Å². The van der Waals surface area contributed by atoms with Crippen LogP contribution in [0.5, 0.6) is 0 Å². The van der Waals surface area contributed by atoms with Crippen molar-refractivity contribution < 1.29 is 14.3 Å². The van der Waals surface area contributed by atoms with Gasteiger partial charge in [-0.05, 0) is 13.8 Å². The zero-order valence-electron chi connectivity index (χ0n) is 7.24. The van der Waals surface area contributed by atoms with Crippen LogP contribution in [-0.4, -0.2) is 36.9 Å². The van der Waals surface area contributed by atoms with E-state index < -0.39 is 11.8 Å². The van der Waals surface area contributed by atoms with Crippen LogP contribution in [0.4, 0.5) is 0 Å². The van der Waals surface area contributed by atoms with E-state index in [1.165, 1.54) is 0 Å². The Morgan fingerprint density at radius 3 is 2.75 bits per heavy atom. The van der Waals surface area contributed by atoms with Gasteiger partial charge in [0.05, 0.1) is 12.2 Å². The molecule has 4 heteroatoms. The number of morpholine rings is 1. The summed E-state index contributed by atoms with van der Waals surface area (Å²) in [6, 6.07) is -0.460. The first-order valence-electron chi connectivity index (χ1n) is 4.03. The minimum atomic E-state index is -0.460. The molecule has 3 atom stereocenters. The Morgan fingerprint density at radius 1 is 1.58 bits per heavy atom. The van der Waals surface area contributed by atoms with Crippen LogP contribution in [0.1, 0.15) is 13.8 Å². The minimum Gasteiger partial charge on any atom is -0.372 e. The third-order valence-corrected chi connectivity index (χ3v) is 1.96. The van der Waals surface area contributed by atoms with Gasteiger partial charge in [0.1, 0.15) is 6.04 Å². The summed E-state index contributed by atoms with van der Waals surface area (Å²) < 4.78 is 5.38. The summed E-state index contributed by atoms with van der Waals surface area (Å²) in [5, 5.41) is 2.96. The molecule has 68 valence electrons. The normalized spacial score (nSPS) is 36.0. The Morgan fingerprint density at radius 2 is 2.25 bits per heavy atom. The van der Waals surface area contributed by atoms with Crippen LogP contribution in [0.2, 0.25) is 0 Å². The van der Waals surface area contributed by atoms with Crippen molar-refractivity contribution in [2.24, 2.45) is 0 Å². The van der Waals surface area contributed by atoms with Gasteiger partial charge in [0.15, 0.2) is 6.29 Å². The van der Waals surface area contributed by atoms with Gasteiger partial charge in [-0.25, -0.2) is 0 Å². The molecule has 4 nitrogen and oxygen atoms in total. The van der Waals surface area contributed by atoms with Gasteiger partial charge < -0.3 is 10.1 Å². The van der Waals surface area contributed by atoms with Crippen LogP contribution in [0, 0.1) is 0 Å². The van der Waals surface area contributed by atoms with Gasteiger partial charge in [0.25, 0.3) is 0 Å². The number of Topliss-reactive ketones (excluding diaryl/α,β-unsaturated/α-hetero) is 1. The highest BCUT2D eigenvalue weighted by molar-refractivity contribution is 6.27. The van der Waals surface area contributed by atoms with Crippen molar-refractivity contribution in [2.45, 2.75) is 32.1 Å². The number of carbonyl (C=O) groups excluding carboxylic acids is 2. The van der Waals surface area contributed by atoms with E-state index in [1.807, 2.05) is 6.92 Å². The fourth-order valence-electron chi connectivity index (χ4n) is 1.36. The highest BCUT2D eigenvalue weighted by Gasteiger charge is 2.30. The van der Waals surface area contributed by atoms with Gasteiger partial charge in [-0.2, -0.15) is 0 Å². The number of nitrogens with one attached hydrogen (secondary N) is 1. The molecule has 0 aromatic carbocycles. The van der Waals surface area contributed by atoms with E-state index in [1.54, 1.807) is 6.92 Å². The summed E-state index contributed by atoms with van der Waals surface area (Å²) in [5.74, 6) is -0.436. The maximum absolute atomic E-state index is 11.0. The van der Waals surface area contributed by atoms with Gasteiger partial charge in [0, 0.05) is 6.54 Å². The van der Waals surface area contributed by atoms with E-state index in [-0.39, 0.29) is 12.2 Å². The molecule has 0 bridgehead atoms. The number of ketones is 1. The van der Waals surface area contributed by atoms with E-state index in [0.29, 0.717) is 12.8 Å². The SMILES string of the molecule is CC1CNC(C(=O)C=O)C(C)O1. The molecule has 1 aliphatic heterocycles. The average Bonchev–Trinajstić information content (AvgIpc) is 2.03. The standard InChI is InChI=1S/C8H13NO3/c1-5-3-9-8(6(2)12-5)7(11)4-10/h4-6,8-9H,3H2,1-2H3. The summed E-state index contributed by atoms with van der Waals surface area (Å²) in [5.41, 5.74) is 0. The van der Waals surface area contributed by atoms with E-state index in [0.717, 1.165) is 0 Å². The molecule has 1 rings (SSSR count). The van der Waals surface area contributed by atoms with Crippen LogP contribution in [0.15, 0.2) is 0 Å². The number of rotatable bonds is 2. The molecule has 3 unspecified atom stereocenters. The Labute approximate surface area is 71.3 Å². The third-order valence-electron chi connectivity index (χ3n) is 1.96. The first kappa shape index (κ1) is 9.35. The second-order valence-corrected chi connectivity index (χ2v) is 3.06. The quantitative estimate of drug-likeness (QED) is 0.450. The molecule has 1 N–H and O–H groups in total. The lowest BCUT2D eigenvalue weighted by Gasteiger charge is -2.32. The molecule has 0 radical (unpaired) electrons.